The van der Waals surface area contributed by atoms with Crippen LogP contribution in [-0.2, 0) is 16.6 Å². The van der Waals surface area contributed by atoms with Crippen molar-refractivity contribution in [3.05, 3.63) is 29.3 Å². The van der Waals surface area contributed by atoms with E-state index in [1.165, 1.54) is 11.1 Å². The average molecular weight is 275 g/mol. The lowest BCUT2D eigenvalue weighted by Gasteiger charge is -2.31. The van der Waals surface area contributed by atoms with Gasteiger partial charge in [0, 0.05) is 7.05 Å². The SMILES string of the molecule is CC.CCc1cccc2c1N(C)C(=O)C2(CC)C(C)C. The predicted octanol–water partition coefficient (Wildman–Crippen LogP) is 4.56. The van der Waals surface area contributed by atoms with Gasteiger partial charge < -0.3 is 4.90 Å². The van der Waals surface area contributed by atoms with Crippen LogP contribution < -0.4 is 4.90 Å². The van der Waals surface area contributed by atoms with Crippen LogP contribution in [0, 0.1) is 5.92 Å². The molecule has 1 aliphatic heterocycles. The molecular weight excluding hydrogens is 246 g/mol. The van der Waals surface area contributed by atoms with Crippen molar-refractivity contribution >= 4 is 11.6 Å². The minimum atomic E-state index is -0.324. The van der Waals surface area contributed by atoms with Gasteiger partial charge in [0.25, 0.3) is 0 Å². The highest BCUT2D eigenvalue weighted by atomic mass is 16.2. The number of nitrogens with zero attached hydrogens (tertiary/aromatic N) is 1. The highest BCUT2D eigenvalue weighted by Gasteiger charge is 2.50. The summed E-state index contributed by atoms with van der Waals surface area (Å²) >= 11 is 0. The standard InChI is InChI=1S/C16H23NO.C2H6/c1-6-12-9-8-10-13-14(12)17(5)15(18)16(13,7-2)11(3)4;1-2/h8-11H,6-7H2,1-5H3;1-2H3. The Labute approximate surface area is 124 Å². The molecule has 0 aliphatic carbocycles. The van der Waals surface area contributed by atoms with Crippen molar-refractivity contribution < 1.29 is 4.79 Å². The number of carbonyl (C=O) groups excluding carboxylic acids is 1. The summed E-state index contributed by atoms with van der Waals surface area (Å²) in [6.07, 6.45) is 1.84. The summed E-state index contributed by atoms with van der Waals surface area (Å²) in [5, 5.41) is 0. The minimum absolute atomic E-state index is 0.260. The van der Waals surface area contributed by atoms with E-state index in [4.69, 9.17) is 0 Å². The van der Waals surface area contributed by atoms with Gasteiger partial charge in [-0.2, -0.15) is 0 Å². The Balaban J connectivity index is 0.000000956. The summed E-state index contributed by atoms with van der Waals surface area (Å²) in [5.74, 6) is 0.585. The Hall–Kier alpha value is -1.31. The Kier molecular flexibility index (Phi) is 5.38. The molecule has 1 aromatic carbocycles. The van der Waals surface area contributed by atoms with Gasteiger partial charge in [-0.05, 0) is 29.9 Å². The van der Waals surface area contributed by atoms with E-state index in [0.29, 0.717) is 5.92 Å². The van der Waals surface area contributed by atoms with Crippen molar-refractivity contribution in [2.45, 2.75) is 59.8 Å². The first-order valence-electron chi connectivity index (χ1n) is 7.91. The van der Waals surface area contributed by atoms with Crippen molar-refractivity contribution in [1.29, 1.82) is 0 Å². The van der Waals surface area contributed by atoms with Crippen LogP contribution in [0.25, 0.3) is 0 Å². The maximum atomic E-state index is 12.8. The molecule has 0 saturated heterocycles. The summed E-state index contributed by atoms with van der Waals surface area (Å²) < 4.78 is 0. The van der Waals surface area contributed by atoms with Crippen LogP contribution in [0.15, 0.2) is 18.2 Å². The number of benzene rings is 1. The highest BCUT2D eigenvalue weighted by molar-refractivity contribution is 6.08. The van der Waals surface area contributed by atoms with Crippen molar-refractivity contribution in [3.8, 4) is 0 Å². The Morgan fingerprint density at radius 1 is 1.20 bits per heavy atom. The van der Waals surface area contributed by atoms with E-state index in [-0.39, 0.29) is 11.3 Å². The Morgan fingerprint density at radius 3 is 2.25 bits per heavy atom. The number of anilines is 1. The van der Waals surface area contributed by atoms with Crippen LogP contribution in [0.2, 0.25) is 0 Å². The lowest BCUT2D eigenvalue weighted by molar-refractivity contribution is -0.124. The molecule has 1 atom stereocenters. The molecule has 20 heavy (non-hydrogen) atoms. The number of rotatable bonds is 3. The van der Waals surface area contributed by atoms with E-state index in [9.17, 15) is 4.79 Å². The van der Waals surface area contributed by atoms with E-state index in [1.807, 2.05) is 25.8 Å². The zero-order valence-electron chi connectivity index (χ0n) is 14.1. The second-order valence-electron chi connectivity index (χ2n) is 5.51. The fourth-order valence-electron chi connectivity index (χ4n) is 3.46. The summed E-state index contributed by atoms with van der Waals surface area (Å²) in [6.45, 7) is 12.6. The number of likely N-dealkylation sites (N-methyl/N-ethyl adjacent to an activating group) is 1. The van der Waals surface area contributed by atoms with Crippen LogP contribution in [-0.4, -0.2) is 13.0 Å². The number of hydrogen-bond acceptors (Lipinski definition) is 1. The van der Waals surface area contributed by atoms with Gasteiger partial charge in [-0.25, -0.2) is 0 Å². The molecule has 0 bridgehead atoms. The molecule has 2 heteroatoms. The third-order valence-electron chi connectivity index (χ3n) is 4.55. The van der Waals surface area contributed by atoms with Crippen LogP contribution in [0.3, 0.4) is 0 Å². The molecule has 0 saturated carbocycles. The van der Waals surface area contributed by atoms with E-state index < -0.39 is 0 Å². The quantitative estimate of drug-likeness (QED) is 0.792. The molecule has 1 amide bonds. The molecular formula is C18H29NO. The van der Waals surface area contributed by atoms with Gasteiger partial charge >= 0.3 is 0 Å². The third-order valence-corrected chi connectivity index (χ3v) is 4.55. The second-order valence-corrected chi connectivity index (χ2v) is 5.51. The van der Waals surface area contributed by atoms with Crippen molar-refractivity contribution in [1.82, 2.24) is 0 Å². The van der Waals surface area contributed by atoms with Gasteiger partial charge in [0.15, 0.2) is 0 Å². The molecule has 0 radical (unpaired) electrons. The molecule has 2 rings (SSSR count). The van der Waals surface area contributed by atoms with Gasteiger partial charge in [-0.1, -0.05) is 59.7 Å². The molecule has 0 fully saturated rings. The molecule has 0 N–H and O–H groups in total. The maximum absolute atomic E-state index is 12.8. The lowest BCUT2D eigenvalue weighted by Crippen LogP contribution is -2.42. The number of para-hydroxylation sites is 1. The van der Waals surface area contributed by atoms with Crippen LogP contribution in [0.4, 0.5) is 5.69 Å². The molecule has 1 heterocycles. The number of fused-ring (bicyclic) bond motifs is 1. The highest BCUT2D eigenvalue weighted by Crippen LogP contribution is 2.49. The van der Waals surface area contributed by atoms with Crippen molar-refractivity contribution in [3.63, 3.8) is 0 Å². The number of aryl methyl sites for hydroxylation is 1. The molecule has 0 spiro atoms. The lowest BCUT2D eigenvalue weighted by atomic mass is 9.70. The summed E-state index contributed by atoms with van der Waals surface area (Å²) in [6, 6.07) is 6.37. The molecule has 112 valence electrons. The van der Waals surface area contributed by atoms with E-state index >= 15 is 0 Å². The average Bonchev–Trinajstić information content (AvgIpc) is 2.70. The van der Waals surface area contributed by atoms with Crippen molar-refractivity contribution in [2.75, 3.05) is 11.9 Å². The summed E-state index contributed by atoms with van der Waals surface area (Å²) in [4.78, 5) is 14.6. The van der Waals surface area contributed by atoms with Crippen molar-refractivity contribution in [2.24, 2.45) is 5.92 Å². The van der Waals surface area contributed by atoms with Crippen LogP contribution in [0.5, 0.6) is 0 Å². The second kappa shape index (κ2) is 6.43. The Bertz CT molecular complexity index is 478. The zero-order chi connectivity index (χ0) is 15.5. The maximum Gasteiger partial charge on any atom is 0.237 e. The number of amides is 1. The smallest absolute Gasteiger partial charge is 0.237 e. The first kappa shape index (κ1) is 16.7. The Morgan fingerprint density at radius 2 is 1.80 bits per heavy atom. The van der Waals surface area contributed by atoms with Gasteiger partial charge in [0.05, 0.1) is 11.1 Å². The molecule has 1 aliphatic rings. The number of carbonyl (C=O) groups is 1. The summed E-state index contributed by atoms with van der Waals surface area (Å²) in [7, 11) is 1.92. The van der Waals surface area contributed by atoms with Gasteiger partial charge in [-0.3, -0.25) is 4.79 Å². The van der Waals surface area contributed by atoms with E-state index in [2.05, 4.69) is 45.9 Å². The van der Waals surface area contributed by atoms with E-state index in [1.54, 1.807) is 0 Å². The van der Waals surface area contributed by atoms with Crippen LogP contribution in [0.1, 0.15) is 59.1 Å². The monoisotopic (exact) mass is 275 g/mol. The van der Waals surface area contributed by atoms with Gasteiger partial charge in [0.1, 0.15) is 0 Å². The first-order valence-corrected chi connectivity index (χ1v) is 7.91. The van der Waals surface area contributed by atoms with E-state index in [0.717, 1.165) is 18.5 Å². The first-order chi connectivity index (χ1) is 9.50. The zero-order valence-corrected chi connectivity index (χ0v) is 14.1. The normalized spacial score (nSPS) is 20.8. The molecule has 1 aromatic rings. The molecule has 2 nitrogen and oxygen atoms in total. The fraction of sp³-hybridized carbons (Fsp3) is 0.611. The fourth-order valence-corrected chi connectivity index (χ4v) is 3.46. The topological polar surface area (TPSA) is 20.3 Å². The minimum Gasteiger partial charge on any atom is -0.314 e. The number of hydrogen-bond donors (Lipinski definition) is 0. The van der Waals surface area contributed by atoms with Gasteiger partial charge in [-0.15, -0.1) is 0 Å². The predicted molar refractivity (Wildman–Crippen MR) is 87.4 cm³/mol. The molecule has 1 unspecified atom stereocenters. The van der Waals surface area contributed by atoms with Gasteiger partial charge in [0.2, 0.25) is 5.91 Å². The third kappa shape index (κ3) is 2.15. The summed E-state index contributed by atoms with van der Waals surface area (Å²) in [5.41, 5.74) is 3.33. The van der Waals surface area contributed by atoms with Crippen LogP contribution >= 0.6 is 0 Å². The molecule has 0 aromatic heterocycles. The largest absolute Gasteiger partial charge is 0.314 e.